The van der Waals surface area contributed by atoms with E-state index in [1.165, 1.54) is 4.90 Å². The van der Waals surface area contributed by atoms with Gasteiger partial charge >= 0.3 is 0 Å². The SMILES string of the molecule is NC1(C(=O)Nc2ccc(CN3C(=O)CSC3=O)cc2)CCCCC1. The van der Waals surface area contributed by atoms with Gasteiger partial charge in [0.2, 0.25) is 11.8 Å². The summed E-state index contributed by atoms with van der Waals surface area (Å²) in [6.07, 6.45) is 4.53. The normalized spacial score (nSPS) is 20.3. The fourth-order valence-corrected chi connectivity index (χ4v) is 3.80. The van der Waals surface area contributed by atoms with Crippen molar-refractivity contribution in [2.75, 3.05) is 11.1 Å². The lowest BCUT2D eigenvalue weighted by Gasteiger charge is -2.31. The summed E-state index contributed by atoms with van der Waals surface area (Å²) in [6, 6.07) is 7.17. The van der Waals surface area contributed by atoms with E-state index < -0.39 is 5.54 Å². The molecule has 0 unspecified atom stereocenters. The second-order valence-electron chi connectivity index (χ2n) is 6.40. The van der Waals surface area contributed by atoms with Crippen LogP contribution in [0.2, 0.25) is 0 Å². The van der Waals surface area contributed by atoms with Gasteiger partial charge in [0.1, 0.15) is 0 Å². The lowest BCUT2D eigenvalue weighted by atomic mass is 9.82. The molecule has 1 aromatic rings. The highest BCUT2D eigenvalue weighted by atomic mass is 32.2. The molecule has 128 valence electrons. The van der Waals surface area contributed by atoms with E-state index >= 15 is 0 Å². The zero-order valence-corrected chi connectivity index (χ0v) is 14.2. The highest BCUT2D eigenvalue weighted by Crippen LogP contribution is 2.27. The van der Waals surface area contributed by atoms with Crippen LogP contribution in [0, 0.1) is 0 Å². The Bertz CT molecular complexity index is 638. The quantitative estimate of drug-likeness (QED) is 0.873. The molecule has 2 aliphatic rings. The van der Waals surface area contributed by atoms with Gasteiger partial charge < -0.3 is 11.1 Å². The van der Waals surface area contributed by atoms with Crippen molar-refractivity contribution in [2.24, 2.45) is 5.73 Å². The van der Waals surface area contributed by atoms with Crippen LogP contribution in [0.15, 0.2) is 24.3 Å². The van der Waals surface area contributed by atoms with Gasteiger partial charge in [0.05, 0.1) is 17.8 Å². The summed E-state index contributed by atoms with van der Waals surface area (Å²) in [5, 5.41) is 2.67. The van der Waals surface area contributed by atoms with Crippen LogP contribution in [0.4, 0.5) is 10.5 Å². The number of amides is 3. The number of hydrogen-bond donors (Lipinski definition) is 2. The second-order valence-corrected chi connectivity index (χ2v) is 7.33. The summed E-state index contributed by atoms with van der Waals surface area (Å²) in [5.41, 5.74) is 6.97. The summed E-state index contributed by atoms with van der Waals surface area (Å²) in [7, 11) is 0. The van der Waals surface area contributed by atoms with E-state index in [1.54, 1.807) is 12.1 Å². The molecule has 3 rings (SSSR count). The summed E-state index contributed by atoms with van der Waals surface area (Å²) in [6.45, 7) is 0.264. The molecule has 3 amide bonds. The fraction of sp³-hybridized carbons (Fsp3) is 0.471. The van der Waals surface area contributed by atoms with E-state index in [0.29, 0.717) is 18.5 Å². The van der Waals surface area contributed by atoms with Crippen molar-refractivity contribution < 1.29 is 14.4 Å². The average Bonchev–Trinajstić information content (AvgIpc) is 2.89. The number of nitrogens with one attached hydrogen (secondary N) is 1. The molecule has 1 saturated heterocycles. The number of anilines is 1. The minimum absolute atomic E-state index is 0.142. The van der Waals surface area contributed by atoms with Gasteiger partial charge in [-0.25, -0.2) is 0 Å². The van der Waals surface area contributed by atoms with Gasteiger partial charge in [-0.2, -0.15) is 0 Å². The van der Waals surface area contributed by atoms with Crippen LogP contribution in [-0.4, -0.2) is 33.2 Å². The monoisotopic (exact) mass is 347 g/mol. The van der Waals surface area contributed by atoms with Gasteiger partial charge in [0.15, 0.2) is 0 Å². The number of nitrogens with zero attached hydrogens (tertiary/aromatic N) is 1. The number of imide groups is 1. The van der Waals surface area contributed by atoms with Crippen LogP contribution < -0.4 is 11.1 Å². The van der Waals surface area contributed by atoms with Crippen LogP contribution in [0.5, 0.6) is 0 Å². The minimum Gasteiger partial charge on any atom is -0.324 e. The molecule has 6 nitrogen and oxygen atoms in total. The molecule has 0 spiro atoms. The van der Waals surface area contributed by atoms with Crippen LogP contribution in [0.3, 0.4) is 0 Å². The number of rotatable bonds is 4. The second kappa shape index (κ2) is 6.94. The Hall–Kier alpha value is -1.86. The van der Waals surface area contributed by atoms with E-state index in [1.807, 2.05) is 12.1 Å². The van der Waals surface area contributed by atoms with Crippen molar-refractivity contribution in [1.82, 2.24) is 4.90 Å². The number of benzene rings is 1. The highest BCUT2D eigenvalue weighted by Gasteiger charge is 2.35. The Kier molecular flexibility index (Phi) is 4.91. The predicted molar refractivity (Wildman–Crippen MR) is 93.5 cm³/mol. The maximum Gasteiger partial charge on any atom is 0.289 e. The Labute approximate surface area is 145 Å². The maximum absolute atomic E-state index is 12.4. The molecule has 1 aliphatic carbocycles. The standard InChI is InChI=1S/C17H21N3O3S/c18-17(8-2-1-3-9-17)15(22)19-13-6-4-12(5-7-13)10-20-14(21)11-24-16(20)23/h4-7H,1-3,8-11,18H2,(H,19,22). The minimum atomic E-state index is -0.775. The van der Waals surface area contributed by atoms with Gasteiger partial charge in [0.25, 0.3) is 5.24 Å². The zero-order chi connectivity index (χ0) is 17.2. The average molecular weight is 347 g/mol. The topological polar surface area (TPSA) is 92.5 Å². The molecular formula is C17H21N3O3S. The molecule has 7 heteroatoms. The van der Waals surface area contributed by atoms with Gasteiger partial charge in [-0.05, 0) is 30.5 Å². The number of thioether (sulfide) groups is 1. The lowest BCUT2D eigenvalue weighted by molar-refractivity contribution is -0.125. The van der Waals surface area contributed by atoms with Crippen LogP contribution >= 0.6 is 11.8 Å². The highest BCUT2D eigenvalue weighted by molar-refractivity contribution is 8.14. The summed E-state index contributed by atoms with van der Waals surface area (Å²) in [5.74, 6) is -0.0908. The Morgan fingerprint density at radius 2 is 1.83 bits per heavy atom. The molecule has 1 aromatic carbocycles. The molecule has 0 radical (unpaired) electrons. The first-order chi connectivity index (χ1) is 11.5. The molecule has 1 heterocycles. The smallest absolute Gasteiger partial charge is 0.289 e. The molecular weight excluding hydrogens is 326 g/mol. The van der Waals surface area contributed by atoms with Crippen LogP contribution in [0.25, 0.3) is 0 Å². The van der Waals surface area contributed by atoms with Gasteiger partial charge in [-0.15, -0.1) is 0 Å². The molecule has 0 bridgehead atoms. The zero-order valence-electron chi connectivity index (χ0n) is 13.4. The van der Waals surface area contributed by atoms with Crippen LogP contribution in [-0.2, 0) is 16.1 Å². The lowest BCUT2D eigenvalue weighted by Crippen LogP contribution is -2.52. The van der Waals surface area contributed by atoms with Crippen molar-refractivity contribution in [3.63, 3.8) is 0 Å². The van der Waals surface area contributed by atoms with Gasteiger partial charge in [-0.3, -0.25) is 19.3 Å². The van der Waals surface area contributed by atoms with E-state index in [0.717, 1.165) is 36.6 Å². The summed E-state index contributed by atoms with van der Waals surface area (Å²) in [4.78, 5) is 36.9. The molecule has 3 N–H and O–H groups in total. The fourth-order valence-electron chi connectivity index (χ4n) is 3.08. The molecule has 0 atom stereocenters. The third-order valence-corrected chi connectivity index (χ3v) is 5.45. The van der Waals surface area contributed by atoms with E-state index in [2.05, 4.69) is 5.32 Å². The maximum atomic E-state index is 12.4. The van der Waals surface area contributed by atoms with Gasteiger partial charge in [-0.1, -0.05) is 43.2 Å². The van der Waals surface area contributed by atoms with Crippen molar-refractivity contribution >= 4 is 34.5 Å². The predicted octanol–water partition coefficient (Wildman–Crippen LogP) is 2.48. The summed E-state index contributed by atoms with van der Waals surface area (Å²) < 4.78 is 0. The first-order valence-corrected chi connectivity index (χ1v) is 9.13. The van der Waals surface area contributed by atoms with Crippen molar-refractivity contribution in [2.45, 2.75) is 44.2 Å². The molecule has 2 fully saturated rings. The van der Waals surface area contributed by atoms with Gasteiger partial charge in [0, 0.05) is 5.69 Å². The molecule has 1 saturated carbocycles. The van der Waals surface area contributed by atoms with E-state index in [-0.39, 0.29) is 29.4 Å². The van der Waals surface area contributed by atoms with Crippen molar-refractivity contribution in [3.8, 4) is 0 Å². The Balaban J connectivity index is 1.61. The number of nitrogens with two attached hydrogens (primary N) is 1. The first-order valence-electron chi connectivity index (χ1n) is 8.14. The van der Waals surface area contributed by atoms with Crippen molar-refractivity contribution in [1.29, 1.82) is 0 Å². The largest absolute Gasteiger partial charge is 0.324 e. The molecule has 24 heavy (non-hydrogen) atoms. The van der Waals surface area contributed by atoms with Crippen molar-refractivity contribution in [3.05, 3.63) is 29.8 Å². The Morgan fingerprint density at radius 3 is 2.42 bits per heavy atom. The third-order valence-electron chi connectivity index (χ3n) is 4.59. The first kappa shape index (κ1) is 17.0. The summed E-state index contributed by atoms with van der Waals surface area (Å²) >= 11 is 1.03. The van der Waals surface area contributed by atoms with E-state index in [4.69, 9.17) is 5.73 Å². The number of hydrogen-bond acceptors (Lipinski definition) is 5. The molecule has 0 aromatic heterocycles. The number of carbonyl (C=O) groups is 3. The van der Waals surface area contributed by atoms with E-state index in [9.17, 15) is 14.4 Å². The Morgan fingerprint density at radius 1 is 1.17 bits per heavy atom. The number of carbonyl (C=O) groups excluding carboxylic acids is 3. The van der Waals surface area contributed by atoms with Crippen LogP contribution in [0.1, 0.15) is 37.7 Å². The molecule has 1 aliphatic heterocycles. The third kappa shape index (κ3) is 3.62.